The summed E-state index contributed by atoms with van der Waals surface area (Å²) >= 11 is 0. The maximum Gasteiger partial charge on any atom is 0.151 e. The van der Waals surface area contributed by atoms with Crippen LogP contribution in [0.1, 0.15) is 18.9 Å². The SMILES string of the molecule is CC(O)OCCCc1ccccc1. The monoisotopic (exact) mass is 180 g/mol. The quantitative estimate of drug-likeness (QED) is 0.554. The van der Waals surface area contributed by atoms with Crippen LogP contribution in [0, 0.1) is 0 Å². The molecular formula is C11H16O2. The third-order valence-corrected chi connectivity index (χ3v) is 1.81. The van der Waals surface area contributed by atoms with E-state index >= 15 is 0 Å². The second-order valence-corrected chi connectivity index (χ2v) is 3.06. The average molecular weight is 180 g/mol. The van der Waals surface area contributed by atoms with E-state index in [1.807, 2.05) is 18.2 Å². The van der Waals surface area contributed by atoms with Crippen molar-refractivity contribution in [1.82, 2.24) is 0 Å². The van der Waals surface area contributed by atoms with Crippen molar-refractivity contribution < 1.29 is 9.84 Å². The smallest absolute Gasteiger partial charge is 0.151 e. The van der Waals surface area contributed by atoms with E-state index in [1.165, 1.54) is 5.56 Å². The first-order valence-corrected chi connectivity index (χ1v) is 4.62. The molecule has 0 aliphatic heterocycles. The largest absolute Gasteiger partial charge is 0.368 e. The summed E-state index contributed by atoms with van der Waals surface area (Å²) in [7, 11) is 0. The fraction of sp³-hybridized carbons (Fsp3) is 0.455. The van der Waals surface area contributed by atoms with Crippen molar-refractivity contribution in [3.63, 3.8) is 0 Å². The van der Waals surface area contributed by atoms with Crippen LogP contribution >= 0.6 is 0 Å². The molecule has 1 aromatic rings. The minimum atomic E-state index is -0.643. The third kappa shape index (κ3) is 4.65. The lowest BCUT2D eigenvalue weighted by molar-refractivity contribution is -0.0854. The zero-order valence-corrected chi connectivity index (χ0v) is 7.94. The van der Waals surface area contributed by atoms with E-state index in [-0.39, 0.29) is 0 Å². The molecule has 1 N–H and O–H groups in total. The normalized spacial score (nSPS) is 12.8. The molecule has 0 radical (unpaired) electrons. The van der Waals surface area contributed by atoms with Gasteiger partial charge in [0.15, 0.2) is 6.29 Å². The lowest BCUT2D eigenvalue weighted by Gasteiger charge is -2.05. The van der Waals surface area contributed by atoms with Crippen molar-refractivity contribution in [1.29, 1.82) is 0 Å². The Morgan fingerprint density at radius 2 is 2.00 bits per heavy atom. The van der Waals surface area contributed by atoms with Gasteiger partial charge in [-0.25, -0.2) is 0 Å². The minimum Gasteiger partial charge on any atom is -0.368 e. The number of benzene rings is 1. The first-order chi connectivity index (χ1) is 6.29. The third-order valence-electron chi connectivity index (χ3n) is 1.81. The van der Waals surface area contributed by atoms with E-state index < -0.39 is 6.29 Å². The van der Waals surface area contributed by atoms with Crippen LogP contribution in [0.25, 0.3) is 0 Å². The minimum absolute atomic E-state index is 0.618. The molecule has 13 heavy (non-hydrogen) atoms. The zero-order chi connectivity index (χ0) is 9.52. The number of aliphatic hydroxyl groups excluding tert-OH is 1. The van der Waals surface area contributed by atoms with E-state index in [9.17, 15) is 0 Å². The molecule has 0 heterocycles. The standard InChI is InChI=1S/C11H16O2/c1-10(12)13-9-5-8-11-6-3-2-4-7-11/h2-4,6-7,10,12H,5,8-9H2,1H3. The molecule has 0 aliphatic carbocycles. The molecule has 0 bridgehead atoms. The molecule has 72 valence electrons. The maximum atomic E-state index is 8.83. The summed E-state index contributed by atoms with van der Waals surface area (Å²) in [5.74, 6) is 0. The highest BCUT2D eigenvalue weighted by Gasteiger charge is 1.95. The first-order valence-electron chi connectivity index (χ1n) is 4.62. The van der Waals surface area contributed by atoms with Crippen molar-refractivity contribution in [2.75, 3.05) is 6.61 Å². The van der Waals surface area contributed by atoms with E-state index in [4.69, 9.17) is 9.84 Å². The molecule has 0 saturated heterocycles. The molecule has 1 atom stereocenters. The molecule has 2 heteroatoms. The summed E-state index contributed by atoms with van der Waals surface area (Å²) < 4.78 is 5.02. The van der Waals surface area contributed by atoms with Crippen LogP contribution in [0.4, 0.5) is 0 Å². The number of aryl methyl sites for hydroxylation is 1. The highest BCUT2D eigenvalue weighted by molar-refractivity contribution is 5.14. The second kappa shape index (κ2) is 5.73. The Bertz CT molecular complexity index is 219. The number of hydrogen-bond acceptors (Lipinski definition) is 2. The molecule has 1 unspecified atom stereocenters. The average Bonchev–Trinajstić information content (AvgIpc) is 2.14. The second-order valence-electron chi connectivity index (χ2n) is 3.06. The fourth-order valence-electron chi connectivity index (χ4n) is 1.17. The first kappa shape index (κ1) is 10.2. The maximum absolute atomic E-state index is 8.83. The van der Waals surface area contributed by atoms with Gasteiger partial charge in [0.05, 0.1) is 6.61 Å². The molecular weight excluding hydrogens is 164 g/mol. The molecule has 1 rings (SSSR count). The van der Waals surface area contributed by atoms with Crippen molar-refractivity contribution >= 4 is 0 Å². The summed E-state index contributed by atoms with van der Waals surface area (Å²) in [6, 6.07) is 10.3. The van der Waals surface area contributed by atoms with Crippen LogP contribution in [0.15, 0.2) is 30.3 Å². The van der Waals surface area contributed by atoms with Gasteiger partial charge in [-0.3, -0.25) is 0 Å². The Balaban J connectivity index is 2.13. The summed E-state index contributed by atoms with van der Waals surface area (Å²) in [5, 5.41) is 8.83. The summed E-state index contributed by atoms with van der Waals surface area (Å²) in [4.78, 5) is 0. The molecule has 0 aliphatic rings. The Kier molecular flexibility index (Phi) is 4.50. The number of ether oxygens (including phenoxy) is 1. The van der Waals surface area contributed by atoms with Gasteiger partial charge in [0.25, 0.3) is 0 Å². The van der Waals surface area contributed by atoms with Crippen molar-refractivity contribution in [3.05, 3.63) is 35.9 Å². The van der Waals surface area contributed by atoms with Crippen LogP contribution in [-0.2, 0) is 11.2 Å². The molecule has 0 spiro atoms. The predicted octanol–water partition coefficient (Wildman–Crippen LogP) is 1.97. The highest BCUT2D eigenvalue weighted by Crippen LogP contribution is 2.02. The van der Waals surface area contributed by atoms with Crippen LogP contribution in [-0.4, -0.2) is 18.0 Å². The Labute approximate surface area is 79.2 Å². The lowest BCUT2D eigenvalue weighted by Crippen LogP contribution is -2.07. The Morgan fingerprint density at radius 3 is 2.62 bits per heavy atom. The van der Waals surface area contributed by atoms with E-state index in [2.05, 4.69) is 12.1 Å². The van der Waals surface area contributed by atoms with Gasteiger partial charge in [-0.15, -0.1) is 0 Å². The van der Waals surface area contributed by atoms with Crippen LogP contribution < -0.4 is 0 Å². The molecule has 2 nitrogen and oxygen atoms in total. The predicted molar refractivity (Wildman–Crippen MR) is 52.4 cm³/mol. The molecule has 0 aromatic heterocycles. The zero-order valence-electron chi connectivity index (χ0n) is 7.94. The number of hydrogen-bond donors (Lipinski definition) is 1. The van der Waals surface area contributed by atoms with Gasteiger partial charge in [-0.1, -0.05) is 30.3 Å². The van der Waals surface area contributed by atoms with Crippen molar-refractivity contribution in [2.24, 2.45) is 0 Å². The van der Waals surface area contributed by atoms with Crippen LogP contribution in [0.2, 0.25) is 0 Å². The van der Waals surface area contributed by atoms with E-state index in [0.717, 1.165) is 12.8 Å². The van der Waals surface area contributed by atoms with Crippen molar-refractivity contribution in [2.45, 2.75) is 26.1 Å². The van der Waals surface area contributed by atoms with Crippen LogP contribution in [0.3, 0.4) is 0 Å². The highest BCUT2D eigenvalue weighted by atomic mass is 16.6. The molecule has 0 amide bonds. The summed E-state index contributed by atoms with van der Waals surface area (Å²) in [5.41, 5.74) is 1.32. The Hall–Kier alpha value is -0.860. The van der Waals surface area contributed by atoms with Gasteiger partial charge in [0.2, 0.25) is 0 Å². The topological polar surface area (TPSA) is 29.5 Å². The van der Waals surface area contributed by atoms with Crippen molar-refractivity contribution in [3.8, 4) is 0 Å². The molecule has 0 fully saturated rings. The van der Waals surface area contributed by atoms with Gasteiger partial charge < -0.3 is 9.84 Å². The van der Waals surface area contributed by atoms with Gasteiger partial charge in [-0.05, 0) is 25.3 Å². The summed E-state index contributed by atoms with van der Waals surface area (Å²) in [6.45, 7) is 2.25. The summed E-state index contributed by atoms with van der Waals surface area (Å²) in [6.07, 6.45) is 1.32. The lowest BCUT2D eigenvalue weighted by atomic mass is 10.1. The van der Waals surface area contributed by atoms with Gasteiger partial charge in [0.1, 0.15) is 0 Å². The fourth-order valence-corrected chi connectivity index (χ4v) is 1.17. The molecule has 1 aromatic carbocycles. The van der Waals surface area contributed by atoms with Gasteiger partial charge in [-0.2, -0.15) is 0 Å². The van der Waals surface area contributed by atoms with Gasteiger partial charge >= 0.3 is 0 Å². The number of rotatable bonds is 5. The van der Waals surface area contributed by atoms with Gasteiger partial charge in [0, 0.05) is 0 Å². The van der Waals surface area contributed by atoms with E-state index in [1.54, 1.807) is 6.92 Å². The number of aliphatic hydroxyl groups is 1. The molecule has 0 saturated carbocycles. The Morgan fingerprint density at radius 1 is 1.31 bits per heavy atom. The van der Waals surface area contributed by atoms with Crippen LogP contribution in [0.5, 0.6) is 0 Å². The van der Waals surface area contributed by atoms with E-state index in [0.29, 0.717) is 6.61 Å².